The molecule has 0 aromatic heterocycles. The molecule has 1 aliphatic heterocycles. The molecule has 0 saturated heterocycles. The van der Waals surface area contributed by atoms with Crippen LogP contribution in [-0.4, -0.2) is 25.7 Å². The van der Waals surface area contributed by atoms with E-state index in [1.165, 1.54) is 0 Å². The number of halogens is 1. The highest BCUT2D eigenvalue weighted by Gasteiger charge is 2.12. The predicted molar refractivity (Wildman–Crippen MR) is 97.0 cm³/mol. The van der Waals surface area contributed by atoms with E-state index < -0.39 is 0 Å². The average molecular weight is 362 g/mol. The molecule has 0 unspecified atom stereocenters. The van der Waals surface area contributed by atoms with Crippen molar-refractivity contribution in [3.05, 3.63) is 47.0 Å². The van der Waals surface area contributed by atoms with Crippen molar-refractivity contribution < 1.29 is 19.0 Å². The highest BCUT2D eigenvalue weighted by Crippen LogP contribution is 2.32. The van der Waals surface area contributed by atoms with E-state index in [-0.39, 0.29) is 5.91 Å². The first-order valence-corrected chi connectivity index (χ1v) is 8.58. The summed E-state index contributed by atoms with van der Waals surface area (Å²) in [4.78, 5) is 12.0. The fourth-order valence-corrected chi connectivity index (χ4v) is 2.76. The maximum Gasteiger partial charge on any atom is 0.224 e. The van der Waals surface area contributed by atoms with E-state index in [1.54, 1.807) is 24.3 Å². The highest BCUT2D eigenvalue weighted by molar-refractivity contribution is 6.30. The summed E-state index contributed by atoms with van der Waals surface area (Å²) in [7, 11) is 0. The second-order valence-corrected chi connectivity index (χ2v) is 6.20. The molecular weight excluding hydrogens is 342 g/mol. The number of nitrogens with one attached hydrogen (secondary N) is 1. The Morgan fingerprint density at radius 2 is 1.96 bits per heavy atom. The summed E-state index contributed by atoms with van der Waals surface area (Å²) in [5.74, 6) is 2.09. The van der Waals surface area contributed by atoms with Crippen LogP contribution in [0.1, 0.15) is 18.4 Å². The molecule has 6 heteroatoms. The van der Waals surface area contributed by atoms with Crippen LogP contribution in [0.5, 0.6) is 17.2 Å². The van der Waals surface area contributed by atoms with Crippen molar-refractivity contribution in [3.63, 3.8) is 0 Å². The molecule has 0 aliphatic carbocycles. The van der Waals surface area contributed by atoms with Gasteiger partial charge in [-0.15, -0.1) is 0 Å². The normalized spacial score (nSPS) is 12.6. The number of hydrogen-bond acceptors (Lipinski definition) is 4. The summed E-state index contributed by atoms with van der Waals surface area (Å²) >= 11 is 5.92. The second kappa shape index (κ2) is 8.12. The Balaban J connectivity index is 1.43. The first-order chi connectivity index (χ1) is 12.1. The Labute approximate surface area is 151 Å². The molecule has 1 N–H and O–H groups in total. The molecule has 25 heavy (non-hydrogen) atoms. The number of carbonyl (C=O) groups is 1. The van der Waals surface area contributed by atoms with Gasteiger partial charge in [-0.3, -0.25) is 4.79 Å². The van der Waals surface area contributed by atoms with Gasteiger partial charge in [-0.05, 0) is 49.2 Å². The molecule has 1 aliphatic rings. The molecule has 5 nitrogen and oxygen atoms in total. The van der Waals surface area contributed by atoms with Gasteiger partial charge in [0.05, 0.1) is 6.61 Å². The first kappa shape index (κ1) is 17.4. The number of carbonyl (C=O) groups excluding carboxylic acids is 1. The maximum absolute atomic E-state index is 12.0. The van der Waals surface area contributed by atoms with Crippen LogP contribution in [0, 0.1) is 6.92 Å². The fourth-order valence-electron chi connectivity index (χ4n) is 2.53. The molecule has 1 amide bonds. The van der Waals surface area contributed by atoms with Gasteiger partial charge in [0.25, 0.3) is 0 Å². The summed E-state index contributed by atoms with van der Waals surface area (Å²) < 4.78 is 16.7. The molecular formula is C19H20ClNO4. The van der Waals surface area contributed by atoms with Crippen molar-refractivity contribution in [1.82, 2.24) is 0 Å². The van der Waals surface area contributed by atoms with Crippen LogP contribution in [0.3, 0.4) is 0 Å². The zero-order valence-electron chi connectivity index (χ0n) is 14.0. The van der Waals surface area contributed by atoms with E-state index in [9.17, 15) is 4.79 Å². The van der Waals surface area contributed by atoms with E-state index in [2.05, 4.69) is 5.32 Å². The lowest BCUT2D eigenvalue weighted by molar-refractivity contribution is -0.116. The van der Waals surface area contributed by atoms with Gasteiger partial charge < -0.3 is 19.5 Å². The topological polar surface area (TPSA) is 56.8 Å². The lowest BCUT2D eigenvalue weighted by Gasteiger charge is -2.19. The van der Waals surface area contributed by atoms with Gasteiger partial charge in [-0.25, -0.2) is 0 Å². The van der Waals surface area contributed by atoms with Crippen LogP contribution < -0.4 is 19.5 Å². The van der Waals surface area contributed by atoms with Crippen LogP contribution in [0.2, 0.25) is 5.02 Å². The van der Waals surface area contributed by atoms with Crippen molar-refractivity contribution in [1.29, 1.82) is 0 Å². The minimum absolute atomic E-state index is 0.0619. The molecule has 0 fully saturated rings. The zero-order valence-corrected chi connectivity index (χ0v) is 14.8. The van der Waals surface area contributed by atoms with E-state index >= 15 is 0 Å². The standard InChI is InChI=1S/C19H20ClNO4/c1-13-11-14(20)4-6-16(13)23-8-2-3-19(22)21-15-5-7-17-18(12-15)25-10-9-24-17/h4-7,11-12H,2-3,8-10H2,1H3,(H,21,22). The number of amides is 1. The van der Waals surface area contributed by atoms with E-state index in [0.717, 1.165) is 11.3 Å². The Kier molecular flexibility index (Phi) is 5.66. The Bertz CT molecular complexity index is 763. The number of benzene rings is 2. The number of rotatable bonds is 6. The third kappa shape index (κ3) is 4.79. The summed E-state index contributed by atoms with van der Waals surface area (Å²) in [5.41, 5.74) is 1.68. The van der Waals surface area contributed by atoms with Gasteiger partial charge in [-0.1, -0.05) is 11.6 Å². The van der Waals surface area contributed by atoms with Crippen LogP contribution in [0.15, 0.2) is 36.4 Å². The zero-order chi connectivity index (χ0) is 17.6. The van der Waals surface area contributed by atoms with Gasteiger partial charge >= 0.3 is 0 Å². The molecule has 2 aromatic rings. The monoisotopic (exact) mass is 361 g/mol. The summed E-state index contributed by atoms with van der Waals surface area (Å²) in [6, 6.07) is 10.9. The lowest BCUT2D eigenvalue weighted by Crippen LogP contribution is -2.16. The van der Waals surface area contributed by atoms with Crippen LogP contribution in [-0.2, 0) is 4.79 Å². The molecule has 0 bridgehead atoms. The van der Waals surface area contributed by atoms with Crippen molar-refractivity contribution in [2.24, 2.45) is 0 Å². The Hall–Kier alpha value is -2.40. The van der Waals surface area contributed by atoms with Gasteiger partial charge in [0, 0.05) is 23.2 Å². The van der Waals surface area contributed by atoms with Crippen molar-refractivity contribution in [2.75, 3.05) is 25.1 Å². The molecule has 0 saturated carbocycles. The minimum Gasteiger partial charge on any atom is -0.493 e. The van der Waals surface area contributed by atoms with Gasteiger partial charge in [-0.2, -0.15) is 0 Å². The maximum atomic E-state index is 12.0. The van der Waals surface area contributed by atoms with Crippen molar-refractivity contribution in [2.45, 2.75) is 19.8 Å². The summed E-state index contributed by atoms with van der Waals surface area (Å²) in [6.45, 7) is 3.48. The number of anilines is 1. The smallest absolute Gasteiger partial charge is 0.224 e. The van der Waals surface area contributed by atoms with Crippen molar-refractivity contribution in [3.8, 4) is 17.2 Å². The average Bonchev–Trinajstić information content (AvgIpc) is 2.60. The highest BCUT2D eigenvalue weighted by atomic mass is 35.5. The summed E-state index contributed by atoms with van der Waals surface area (Å²) in [6.07, 6.45) is 1.000. The Morgan fingerprint density at radius 3 is 2.76 bits per heavy atom. The molecule has 0 radical (unpaired) electrons. The first-order valence-electron chi connectivity index (χ1n) is 8.20. The summed E-state index contributed by atoms with van der Waals surface area (Å²) in [5, 5.41) is 3.55. The molecule has 2 aromatic carbocycles. The number of hydrogen-bond donors (Lipinski definition) is 1. The van der Waals surface area contributed by atoms with Crippen molar-refractivity contribution >= 4 is 23.2 Å². The Morgan fingerprint density at radius 1 is 1.16 bits per heavy atom. The minimum atomic E-state index is -0.0619. The van der Waals surface area contributed by atoms with Crippen LogP contribution in [0.4, 0.5) is 5.69 Å². The predicted octanol–water partition coefficient (Wildman–Crippen LogP) is 4.22. The van der Waals surface area contributed by atoms with Gasteiger partial charge in [0.15, 0.2) is 11.5 Å². The molecule has 0 spiro atoms. The van der Waals surface area contributed by atoms with E-state index in [4.69, 9.17) is 25.8 Å². The fraction of sp³-hybridized carbons (Fsp3) is 0.316. The molecule has 0 atom stereocenters. The third-order valence-electron chi connectivity index (χ3n) is 3.77. The number of aryl methyl sites for hydroxylation is 1. The van der Waals surface area contributed by atoms with Crippen LogP contribution in [0.25, 0.3) is 0 Å². The molecule has 3 rings (SSSR count). The van der Waals surface area contributed by atoms with Crippen LogP contribution >= 0.6 is 11.6 Å². The van der Waals surface area contributed by atoms with Gasteiger partial charge in [0.1, 0.15) is 19.0 Å². The largest absolute Gasteiger partial charge is 0.493 e. The quantitative estimate of drug-likeness (QED) is 0.783. The number of fused-ring (bicyclic) bond motifs is 1. The number of ether oxygens (including phenoxy) is 3. The van der Waals surface area contributed by atoms with Gasteiger partial charge in [0.2, 0.25) is 5.91 Å². The molecule has 132 valence electrons. The third-order valence-corrected chi connectivity index (χ3v) is 4.00. The van der Waals surface area contributed by atoms with E-state index in [1.807, 2.05) is 19.1 Å². The van der Waals surface area contributed by atoms with E-state index in [0.29, 0.717) is 54.9 Å². The lowest BCUT2D eigenvalue weighted by atomic mass is 10.2. The molecule has 1 heterocycles. The second-order valence-electron chi connectivity index (χ2n) is 5.77. The SMILES string of the molecule is Cc1cc(Cl)ccc1OCCCC(=O)Nc1ccc2c(c1)OCCO2.